The number of hydrogen-bond acceptors (Lipinski definition) is 2. The van der Waals surface area contributed by atoms with Crippen LogP contribution in [0.5, 0.6) is 0 Å². The predicted octanol–water partition coefficient (Wildman–Crippen LogP) is 3.49. The van der Waals surface area contributed by atoms with Gasteiger partial charge in [-0.3, -0.25) is 0 Å². The van der Waals surface area contributed by atoms with Crippen LogP contribution in [-0.2, 0) is 0 Å². The summed E-state index contributed by atoms with van der Waals surface area (Å²) in [6.45, 7) is 0. The summed E-state index contributed by atoms with van der Waals surface area (Å²) in [5, 5.41) is 3.30. The molecular formula is C11H16BrNO. The lowest BCUT2D eigenvalue weighted by Gasteiger charge is -2.12. The molecule has 1 unspecified atom stereocenters. The molecule has 0 radical (unpaired) electrons. The van der Waals surface area contributed by atoms with E-state index < -0.39 is 0 Å². The average molecular weight is 258 g/mol. The highest BCUT2D eigenvalue weighted by Crippen LogP contribution is 2.36. The van der Waals surface area contributed by atoms with E-state index in [1.54, 1.807) is 0 Å². The number of nitrogens with one attached hydrogen (secondary N) is 1. The SMILES string of the molecule is CNC(CCC1CC1)c1ccc(Br)o1. The molecule has 3 heteroatoms. The molecule has 0 aliphatic heterocycles. The molecule has 1 N–H and O–H groups in total. The van der Waals surface area contributed by atoms with E-state index in [1.807, 2.05) is 19.2 Å². The van der Waals surface area contributed by atoms with Crippen molar-refractivity contribution in [3.63, 3.8) is 0 Å². The van der Waals surface area contributed by atoms with Gasteiger partial charge >= 0.3 is 0 Å². The molecule has 1 heterocycles. The molecule has 1 aromatic heterocycles. The third kappa shape index (κ3) is 2.61. The first-order chi connectivity index (χ1) is 6.79. The van der Waals surface area contributed by atoms with Gasteiger partial charge in [0.05, 0.1) is 6.04 Å². The highest BCUT2D eigenvalue weighted by molar-refractivity contribution is 9.10. The first kappa shape index (κ1) is 10.2. The van der Waals surface area contributed by atoms with Crippen LogP contribution in [0.15, 0.2) is 21.2 Å². The molecule has 0 amide bonds. The summed E-state index contributed by atoms with van der Waals surface area (Å²) in [5.74, 6) is 2.03. The number of hydrogen-bond donors (Lipinski definition) is 1. The average Bonchev–Trinajstić information content (AvgIpc) is 2.90. The summed E-state index contributed by atoms with van der Waals surface area (Å²) < 4.78 is 6.36. The van der Waals surface area contributed by atoms with E-state index in [0.29, 0.717) is 6.04 Å². The maximum Gasteiger partial charge on any atom is 0.169 e. The molecule has 1 aliphatic rings. The van der Waals surface area contributed by atoms with Crippen molar-refractivity contribution in [1.82, 2.24) is 5.32 Å². The third-order valence-electron chi connectivity index (χ3n) is 2.85. The van der Waals surface area contributed by atoms with E-state index in [0.717, 1.165) is 16.3 Å². The number of halogens is 1. The second kappa shape index (κ2) is 4.49. The lowest BCUT2D eigenvalue weighted by Crippen LogP contribution is -2.15. The Morgan fingerprint density at radius 3 is 2.86 bits per heavy atom. The first-order valence-corrected chi connectivity index (χ1v) is 6.01. The smallest absolute Gasteiger partial charge is 0.169 e. The van der Waals surface area contributed by atoms with Gasteiger partial charge < -0.3 is 9.73 Å². The second-order valence-corrected chi connectivity index (χ2v) is 4.79. The van der Waals surface area contributed by atoms with E-state index >= 15 is 0 Å². The van der Waals surface area contributed by atoms with Gasteiger partial charge in [0.15, 0.2) is 4.67 Å². The maximum absolute atomic E-state index is 5.54. The van der Waals surface area contributed by atoms with Crippen molar-refractivity contribution in [1.29, 1.82) is 0 Å². The van der Waals surface area contributed by atoms with Gasteiger partial charge in [-0.05, 0) is 53.9 Å². The number of rotatable bonds is 5. The molecule has 14 heavy (non-hydrogen) atoms. The highest BCUT2D eigenvalue weighted by atomic mass is 79.9. The Kier molecular flexibility index (Phi) is 3.29. The summed E-state index contributed by atoms with van der Waals surface area (Å²) >= 11 is 3.33. The minimum absolute atomic E-state index is 0.377. The van der Waals surface area contributed by atoms with Crippen LogP contribution in [0.4, 0.5) is 0 Å². The Bertz CT molecular complexity index is 293. The fourth-order valence-corrected chi connectivity index (χ4v) is 2.07. The maximum atomic E-state index is 5.54. The van der Waals surface area contributed by atoms with Gasteiger partial charge in [0.2, 0.25) is 0 Å². The predicted molar refractivity (Wildman–Crippen MR) is 60.2 cm³/mol. The molecule has 2 nitrogen and oxygen atoms in total. The molecule has 1 aromatic rings. The summed E-state index contributed by atoms with van der Waals surface area (Å²) in [5.41, 5.74) is 0. The van der Waals surface area contributed by atoms with Gasteiger partial charge in [-0.15, -0.1) is 0 Å². The zero-order valence-corrected chi connectivity index (χ0v) is 10.0. The summed E-state index contributed by atoms with van der Waals surface area (Å²) in [4.78, 5) is 0. The fraction of sp³-hybridized carbons (Fsp3) is 0.636. The van der Waals surface area contributed by atoms with E-state index in [1.165, 1.54) is 25.7 Å². The minimum Gasteiger partial charge on any atom is -0.453 e. The molecule has 1 saturated carbocycles. The van der Waals surface area contributed by atoms with Crippen molar-refractivity contribution in [2.24, 2.45) is 5.92 Å². The lowest BCUT2D eigenvalue weighted by molar-refractivity contribution is 0.392. The Balaban J connectivity index is 1.90. The van der Waals surface area contributed by atoms with Crippen LogP contribution in [0.25, 0.3) is 0 Å². The van der Waals surface area contributed by atoms with E-state index in [4.69, 9.17) is 4.42 Å². The van der Waals surface area contributed by atoms with Crippen LogP contribution < -0.4 is 5.32 Å². The molecule has 0 bridgehead atoms. The standard InChI is InChI=1S/C11H16BrNO/c1-13-9(5-4-8-2-3-8)10-6-7-11(12)14-10/h6-9,13H,2-5H2,1H3. The first-order valence-electron chi connectivity index (χ1n) is 5.22. The van der Waals surface area contributed by atoms with Crippen LogP contribution in [0, 0.1) is 5.92 Å². The molecule has 0 saturated heterocycles. The molecule has 1 atom stereocenters. The molecule has 2 rings (SSSR count). The molecule has 1 fully saturated rings. The van der Waals surface area contributed by atoms with Crippen molar-refractivity contribution >= 4 is 15.9 Å². The van der Waals surface area contributed by atoms with E-state index in [9.17, 15) is 0 Å². The van der Waals surface area contributed by atoms with Crippen molar-refractivity contribution < 1.29 is 4.42 Å². The monoisotopic (exact) mass is 257 g/mol. The highest BCUT2D eigenvalue weighted by Gasteiger charge is 2.23. The molecular weight excluding hydrogens is 242 g/mol. The molecule has 0 spiro atoms. The quantitative estimate of drug-likeness (QED) is 0.874. The zero-order valence-electron chi connectivity index (χ0n) is 8.42. The Hall–Kier alpha value is -0.280. The molecule has 78 valence electrons. The lowest BCUT2D eigenvalue weighted by atomic mass is 10.1. The fourth-order valence-electron chi connectivity index (χ4n) is 1.75. The van der Waals surface area contributed by atoms with Gasteiger partial charge in [-0.2, -0.15) is 0 Å². The van der Waals surface area contributed by atoms with Crippen molar-refractivity contribution in [3.8, 4) is 0 Å². The van der Waals surface area contributed by atoms with Crippen LogP contribution in [0.3, 0.4) is 0 Å². The third-order valence-corrected chi connectivity index (χ3v) is 3.27. The molecule has 1 aliphatic carbocycles. The van der Waals surface area contributed by atoms with Gasteiger partial charge in [0.25, 0.3) is 0 Å². The van der Waals surface area contributed by atoms with Gasteiger partial charge in [-0.25, -0.2) is 0 Å². The van der Waals surface area contributed by atoms with Crippen LogP contribution in [0.2, 0.25) is 0 Å². The van der Waals surface area contributed by atoms with Crippen LogP contribution in [0.1, 0.15) is 37.5 Å². The van der Waals surface area contributed by atoms with Gasteiger partial charge in [0, 0.05) is 0 Å². The number of furan rings is 1. The Morgan fingerprint density at radius 2 is 2.36 bits per heavy atom. The van der Waals surface area contributed by atoms with Gasteiger partial charge in [-0.1, -0.05) is 12.8 Å². The van der Waals surface area contributed by atoms with Crippen molar-refractivity contribution in [2.75, 3.05) is 7.05 Å². The molecule has 0 aromatic carbocycles. The zero-order chi connectivity index (χ0) is 9.97. The Labute approximate surface area is 93.2 Å². The van der Waals surface area contributed by atoms with Gasteiger partial charge in [0.1, 0.15) is 5.76 Å². The van der Waals surface area contributed by atoms with Crippen LogP contribution >= 0.6 is 15.9 Å². The normalized spacial score (nSPS) is 18.4. The Morgan fingerprint density at radius 1 is 1.57 bits per heavy atom. The minimum atomic E-state index is 0.377. The summed E-state index contributed by atoms with van der Waals surface area (Å²) in [7, 11) is 1.99. The van der Waals surface area contributed by atoms with Crippen LogP contribution in [-0.4, -0.2) is 7.05 Å². The van der Waals surface area contributed by atoms with Crippen molar-refractivity contribution in [2.45, 2.75) is 31.7 Å². The van der Waals surface area contributed by atoms with Crippen molar-refractivity contribution in [3.05, 3.63) is 22.6 Å². The largest absolute Gasteiger partial charge is 0.453 e. The topological polar surface area (TPSA) is 25.2 Å². The summed E-state index contributed by atoms with van der Waals surface area (Å²) in [6.07, 6.45) is 5.36. The second-order valence-electron chi connectivity index (χ2n) is 4.00. The van der Waals surface area contributed by atoms with E-state index in [2.05, 4.69) is 21.2 Å². The summed E-state index contributed by atoms with van der Waals surface area (Å²) in [6, 6.07) is 4.37. The van der Waals surface area contributed by atoms with E-state index in [-0.39, 0.29) is 0 Å².